The molecule has 0 heterocycles. The van der Waals surface area contributed by atoms with Gasteiger partial charge in [0.05, 0.1) is 16.1 Å². The third kappa shape index (κ3) is 8.05. The van der Waals surface area contributed by atoms with Crippen molar-refractivity contribution in [2.24, 2.45) is 0 Å². The molecular formula is C18H26Si2. The van der Waals surface area contributed by atoms with E-state index < -0.39 is 16.1 Å². The van der Waals surface area contributed by atoms with Crippen molar-refractivity contribution in [3.63, 3.8) is 0 Å². The minimum atomic E-state index is -1.06. The van der Waals surface area contributed by atoms with E-state index >= 15 is 0 Å². The summed E-state index contributed by atoms with van der Waals surface area (Å²) < 4.78 is 0. The molecule has 0 fully saturated rings. The first-order valence-corrected chi connectivity index (χ1v) is 14.6. The number of rotatable bonds is 2. The molecule has 1 aromatic rings. The van der Waals surface area contributed by atoms with Crippen LogP contribution in [0.15, 0.2) is 24.3 Å². The van der Waals surface area contributed by atoms with Crippen LogP contribution in [0.5, 0.6) is 0 Å². The highest BCUT2D eigenvalue weighted by molar-refractivity contribution is 6.77. The van der Waals surface area contributed by atoms with Gasteiger partial charge in [0.2, 0.25) is 0 Å². The summed E-state index contributed by atoms with van der Waals surface area (Å²) in [5.41, 5.74) is 2.17. The first kappa shape index (κ1) is 16.8. The van der Waals surface area contributed by atoms with E-state index in [1.165, 1.54) is 0 Å². The van der Waals surface area contributed by atoms with Crippen molar-refractivity contribution in [3.05, 3.63) is 35.4 Å². The highest BCUT2D eigenvalue weighted by Crippen LogP contribution is 2.09. The van der Waals surface area contributed by atoms with Crippen LogP contribution in [0.2, 0.25) is 51.4 Å². The van der Waals surface area contributed by atoms with Gasteiger partial charge in [-0.2, -0.15) is 0 Å². The van der Waals surface area contributed by atoms with Crippen LogP contribution in [-0.4, -0.2) is 16.1 Å². The maximum absolute atomic E-state index is 3.32. The second-order valence-electron chi connectivity index (χ2n) is 7.66. The first-order chi connectivity index (χ1) is 9.16. The molecule has 0 spiro atoms. The van der Waals surface area contributed by atoms with Crippen LogP contribution in [0.1, 0.15) is 11.1 Å². The van der Waals surface area contributed by atoms with Gasteiger partial charge in [-0.1, -0.05) is 57.2 Å². The van der Waals surface area contributed by atoms with Crippen molar-refractivity contribution in [3.8, 4) is 23.7 Å². The molecule has 0 unspecified atom stereocenters. The van der Waals surface area contributed by atoms with Gasteiger partial charge in [0.15, 0.2) is 0 Å². The van der Waals surface area contributed by atoms with Crippen LogP contribution in [-0.2, 0) is 0 Å². The predicted molar refractivity (Wildman–Crippen MR) is 96.5 cm³/mol. The standard InChI is InChI=1S/C18H26Si2/c1-19(2,3)14-8-12-17-10-7-11-18(16-17)13-9-15-20(4,5)6/h7,10-11,16H,14-15H2,1-6H3. The lowest BCUT2D eigenvalue weighted by atomic mass is 10.1. The molecule has 0 N–H and O–H groups in total. The fourth-order valence-electron chi connectivity index (χ4n) is 1.50. The maximum Gasteiger partial charge on any atom is 0.0573 e. The molecule has 0 aromatic heterocycles. The van der Waals surface area contributed by atoms with E-state index in [0.717, 1.165) is 23.2 Å². The fraction of sp³-hybridized carbons (Fsp3) is 0.444. The Morgan fingerprint density at radius 1 is 0.750 bits per heavy atom. The number of hydrogen-bond acceptors (Lipinski definition) is 0. The molecule has 0 aliphatic heterocycles. The molecule has 0 saturated carbocycles. The molecule has 0 saturated heterocycles. The van der Waals surface area contributed by atoms with E-state index in [1.54, 1.807) is 0 Å². The summed E-state index contributed by atoms with van der Waals surface area (Å²) in [5.74, 6) is 13.2. The molecule has 0 nitrogen and oxygen atoms in total. The van der Waals surface area contributed by atoms with Crippen LogP contribution in [0, 0.1) is 23.7 Å². The van der Waals surface area contributed by atoms with Crippen LogP contribution in [0.25, 0.3) is 0 Å². The van der Waals surface area contributed by atoms with Crippen LogP contribution in [0.3, 0.4) is 0 Å². The Morgan fingerprint density at radius 3 is 1.50 bits per heavy atom. The van der Waals surface area contributed by atoms with E-state index in [-0.39, 0.29) is 0 Å². The Balaban J connectivity index is 2.76. The predicted octanol–water partition coefficient (Wildman–Crippen LogP) is 5.07. The minimum absolute atomic E-state index is 1.05. The summed E-state index contributed by atoms with van der Waals surface area (Å²) in [6.07, 6.45) is 0. The Bertz CT molecular complexity index is 514. The summed E-state index contributed by atoms with van der Waals surface area (Å²) in [4.78, 5) is 0. The summed E-state index contributed by atoms with van der Waals surface area (Å²) in [6, 6.07) is 10.4. The highest BCUT2D eigenvalue weighted by atomic mass is 28.3. The molecule has 0 aliphatic rings. The van der Waals surface area contributed by atoms with Crippen molar-refractivity contribution < 1.29 is 0 Å². The van der Waals surface area contributed by atoms with E-state index in [2.05, 4.69) is 87.2 Å². The zero-order valence-electron chi connectivity index (χ0n) is 13.7. The zero-order chi connectivity index (χ0) is 15.2. The molecular weight excluding hydrogens is 272 g/mol. The largest absolute Gasteiger partial charge is 0.101 e. The molecule has 2 heteroatoms. The monoisotopic (exact) mass is 298 g/mol. The van der Waals surface area contributed by atoms with Gasteiger partial charge in [0.1, 0.15) is 0 Å². The van der Waals surface area contributed by atoms with Crippen molar-refractivity contribution in [1.82, 2.24) is 0 Å². The molecule has 20 heavy (non-hydrogen) atoms. The van der Waals surface area contributed by atoms with Gasteiger partial charge < -0.3 is 0 Å². The molecule has 0 amide bonds. The second-order valence-corrected chi connectivity index (χ2v) is 18.6. The van der Waals surface area contributed by atoms with Crippen LogP contribution in [0.4, 0.5) is 0 Å². The second kappa shape index (κ2) is 6.98. The van der Waals surface area contributed by atoms with Gasteiger partial charge in [0, 0.05) is 23.2 Å². The Hall–Kier alpha value is -1.23. The van der Waals surface area contributed by atoms with E-state index in [4.69, 9.17) is 0 Å². The normalized spacial score (nSPS) is 11.1. The van der Waals surface area contributed by atoms with Gasteiger partial charge in [-0.05, 0) is 18.2 Å². The Kier molecular flexibility index (Phi) is 5.87. The smallest absolute Gasteiger partial charge is 0.0573 e. The summed E-state index contributed by atoms with van der Waals surface area (Å²) >= 11 is 0. The van der Waals surface area contributed by atoms with Crippen LogP contribution < -0.4 is 0 Å². The van der Waals surface area contributed by atoms with Crippen molar-refractivity contribution in [2.45, 2.75) is 51.4 Å². The Labute approximate surface area is 127 Å². The number of benzene rings is 1. The molecule has 1 aromatic carbocycles. The third-order valence-electron chi connectivity index (χ3n) is 2.57. The molecule has 0 radical (unpaired) electrons. The van der Waals surface area contributed by atoms with Gasteiger partial charge in [-0.3, -0.25) is 0 Å². The van der Waals surface area contributed by atoms with Gasteiger partial charge in [0.25, 0.3) is 0 Å². The topological polar surface area (TPSA) is 0 Å². The van der Waals surface area contributed by atoms with E-state index in [9.17, 15) is 0 Å². The molecule has 0 aliphatic carbocycles. The fourth-order valence-corrected chi connectivity index (χ4v) is 2.73. The SMILES string of the molecule is C[Si](C)(C)CC#Cc1cccc(C#CC[Si](C)(C)C)c1. The first-order valence-electron chi connectivity index (χ1n) is 7.24. The average molecular weight is 299 g/mol. The molecule has 0 bridgehead atoms. The Morgan fingerprint density at radius 2 is 1.15 bits per heavy atom. The highest BCUT2D eigenvalue weighted by Gasteiger charge is 2.10. The van der Waals surface area contributed by atoms with Crippen molar-refractivity contribution in [2.75, 3.05) is 0 Å². The molecule has 0 atom stereocenters. The zero-order valence-corrected chi connectivity index (χ0v) is 15.7. The summed E-state index contributed by atoms with van der Waals surface area (Å²) in [7, 11) is -2.13. The van der Waals surface area contributed by atoms with Crippen LogP contribution >= 0.6 is 0 Å². The minimum Gasteiger partial charge on any atom is -0.101 e. The van der Waals surface area contributed by atoms with E-state index in [0.29, 0.717) is 0 Å². The van der Waals surface area contributed by atoms with Gasteiger partial charge in [-0.15, -0.1) is 11.8 Å². The average Bonchev–Trinajstić information content (AvgIpc) is 2.26. The lowest BCUT2D eigenvalue weighted by molar-refractivity contribution is 1.54. The lowest BCUT2D eigenvalue weighted by Crippen LogP contribution is -2.17. The summed E-state index contributed by atoms with van der Waals surface area (Å²) in [6.45, 7) is 14.1. The van der Waals surface area contributed by atoms with Gasteiger partial charge in [-0.25, -0.2) is 0 Å². The quantitative estimate of drug-likeness (QED) is 0.528. The third-order valence-corrected chi connectivity index (χ3v) is 5.04. The lowest BCUT2D eigenvalue weighted by Gasteiger charge is -2.09. The van der Waals surface area contributed by atoms with Crippen molar-refractivity contribution >= 4 is 16.1 Å². The summed E-state index contributed by atoms with van der Waals surface area (Å²) in [5, 5.41) is 0. The van der Waals surface area contributed by atoms with Crippen molar-refractivity contribution in [1.29, 1.82) is 0 Å². The molecule has 106 valence electrons. The molecule has 1 rings (SSSR count). The van der Waals surface area contributed by atoms with Gasteiger partial charge >= 0.3 is 0 Å². The maximum atomic E-state index is 3.32. The number of hydrogen-bond donors (Lipinski definition) is 0. The van der Waals surface area contributed by atoms with E-state index in [1.807, 2.05) is 0 Å².